The summed E-state index contributed by atoms with van der Waals surface area (Å²) in [4.78, 5) is 36.1. The molecule has 1 aliphatic rings. The highest BCUT2D eigenvalue weighted by Crippen LogP contribution is 2.25. The third kappa shape index (κ3) is 3.71. The van der Waals surface area contributed by atoms with E-state index in [-0.39, 0.29) is 17.9 Å². The summed E-state index contributed by atoms with van der Waals surface area (Å²) >= 11 is 1.58. The molecule has 1 aliphatic heterocycles. The molecule has 0 atom stereocenters. The van der Waals surface area contributed by atoms with Crippen LogP contribution in [0.25, 0.3) is 10.9 Å². The Bertz CT molecular complexity index is 1120. The largest absolute Gasteiger partial charge is 0.298 e. The van der Waals surface area contributed by atoms with Crippen LogP contribution in [0, 0.1) is 6.92 Å². The molecule has 0 aliphatic carbocycles. The van der Waals surface area contributed by atoms with E-state index in [0.29, 0.717) is 24.0 Å². The lowest BCUT2D eigenvalue weighted by molar-refractivity contribution is -0.127. The molecule has 0 unspecified atom stereocenters. The fraction of sp³-hybridized carbons (Fsp3) is 0.238. The molecule has 0 saturated carbocycles. The van der Waals surface area contributed by atoms with Crippen molar-refractivity contribution in [3.63, 3.8) is 0 Å². The highest BCUT2D eigenvalue weighted by molar-refractivity contribution is 8.14. The first-order valence-electron chi connectivity index (χ1n) is 9.15. The van der Waals surface area contributed by atoms with E-state index in [4.69, 9.17) is 0 Å². The highest BCUT2D eigenvalue weighted by Gasteiger charge is 2.25. The van der Waals surface area contributed by atoms with Gasteiger partial charge in [0.1, 0.15) is 0 Å². The molecule has 1 aromatic heterocycles. The molecule has 0 radical (unpaired) electrons. The molecule has 2 aromatic carbocycles. The summed E-state index contributed by atoms with van der Waals surface area (Å²) in [5.41, 5.74) is 2.49. The van der Waals surface area contributed by atoms with Crippen molar-refractivity contribution in [2.45, 2.75) is 19.9 Å². The molecule has 3 aromatic rings. The van der Waals surface area contributed by atoms with Crippen molar-refractivity contribution >= 4 is 39.4 Å². The van der Waals surface area contributed by atoms with Gasteiger partial charge < -0.3 is 0 Å². The van der Waals surface area contributed by atoms with Crippen molar-refractivity contribution in [2.75, 3.05) is 12.3 Å². The zero-order valence-corrected chi connectivity index (χ0v) is 16.4. The zero-order valence-electron chi connectivity index (χ0n) is 15.5. The topological polar surface area (TPSA) is 67.6 Å². The minimum atomic E-state index is -0.122. The van der Waals surface area contributed by atoms with E-state index in [1.165, 1.54) is 10.9 Å². The summed E-state index contributed by atoms with van der Waals surface area (Å²) in [6.45, 7) is 2.94. The molecule has 7 heteroatoms. The Labute approximate surface area is 166 Å². The molecule has 2 heterocycles. The second-order valence-corrected chi connectivity index (χ2v) is 7.65. The number of thioether (sulfide) groups is 1. The van der Waals surface area contributed by atoms with Crippen LogP contribution in [0.4, 0.5) is 5.69 Å². The number of fused-ring (bicyclic) bond motifs is 1. The third-order valence-corrected chi connectivity index (χ3v) is 5.66. The van der Waals surface area contributed by atoms with Crippen LogP contribution in [0.3, 0.4) is 0 Å². The van der Waals surface area contributed by atoms with Gasteiger partial charge in [0.2, 0.25) is 5.91 Å². The molecule has 1 amide bonds. The summed E-state index contributed by atoms with van der Waals surface area (Å²) in [5, 5.41) is 1.29. The molecule has 4 rings (SSSR count). The number of carbonyl (C=O) groups is 1. The number of para-hydroxylation sites is 2. The van der Waals surface area contributed by atoms with E-state index in [1.807, 2.05) is 49.4 Å². The Balaban J connectivity index is 1.50. The highest BCUT2D eigenvalue weighted by atomic mass is 32.2. The van der Waals surface area contributed by atoms with Gasteiger partial charge in [0.25, 0.3) is 5.56 Å². The van der Waals surface area contributed by atoms with Gasteiger partial charge in [-0.05, 0) is 30.7 Å². The summed E-state index contributed by atoms with van der Waals surface area (Å²) in [6, 6.07) is 15.1. The maximum atomic E-state index is 12.8. The van der Waals surface area contributed by atoms with E-state index in [2.05, 4.69) is 9.98 Å². The van der Waals surface area contributed by atoms with E-state index >= 15 is 0 Å². The molecule has 1 fully saturated rings. The minimum absolute atomic E-state index is 0.0302. The number of aryl methyl sites for hydroxylation is 2. The molecule has 0 bridgehead atoms. The maximum Gasteiger partial charge on any atom is 0.261 e. The fourth-order valence-electron chi connectivity index (χ4n) is 3.13. The van der Waals surface area contributed by atoms with Crippen molar-refractivity contribution in [3.05, 3.63) is 70.8 Å². The number of carbonyl (C=O) groups excluding carboxylic acids is 1. The van der Waals surface area contributed by atoms with Crippen LogP contribution in [0.15, 0.2) is 64.6 Å². The van der Waals surface area contributed by atoms with Gasteiger partial charge in [0.05, 0.1) is 22.9 Å². The number of amides is 1. The Hall–Kier alpha value is -2.93. The summed E-state index contributed by atoms with van der Waals surface area (Å²) in [6.07, 6.45) is 1.74. The number of hydrogen-bond acceptors (Lipinski definition) is 5. The summed E-state index contributed by atoms with van der Waals surface area (Å²) in [7, 11) is 0. The van der Waals surface area contributed by atoms with Crippen LogP contribution in [0.5, 0.6) is 0 Å². The van der Waals surface area contributed by atoms with Crippen molar-refractivity contribution in [1.82, 2.24) is 14.5 Å². The molecule has 1 saturated heterocycles. The van der Waals surface area contributed by atoms with Gasteiger partial charge in [-0.25, -0.2) is 9.98 Å². The third-order valence-electron chi connectivity index (χ3n) is 4.71. The lowest BCUT2D eigenvalue weighted by atomic mass is 10.2. The van der Waals surface area contributed by atoms with Crippen molar-refractivity contribution in [2.24, 2.45) is 4.99 Å². The average molecular weight is 392 g/mol. The zero-order chi connectivity index (χ0) is 19.5. The van der Waals surface area contributed by atoms with Gasteiger partial charge in [-0.1, -0.05) is 42.1 Å². The lowest BCUT2D eigenvalue weighted by Gasteiger charge is -2.16. The van der Waals surface area contributed by atoms with Crippen LogP contribution >= 0.6 is 11.8 Å². The van der Waals surface area contributed by atoms with Gasteiger partial charge >= 0.3 is 0 Å². The number of aromatic nitrogens is 2. The first kappa shape index (κ1) is 18.4. The van der Waals surface area contributed by atoms with Gasteiger partial charge in [-0.3, -0.25) is 19.1 Å². The van der Waals surface area contributed by atoms with Crippen molar-refractivity contribution in [1.29, 1.82) is 0 Å². The van der Waals surface area contributed by atoms with Crippen LogP contribution in [0.1, 0.15) is 12.0 Å². The standard InChI is InChI=1S/C21H20N4O2S/c1-15-6-2-4-8-17(15)23-21-25(12-13-28-21)19(26)10-11-24-14-22-18-9-5-3-7-16(18)20(24)27/h2-9,14H,10-13H2,1H3. The fourth-order valence-corrected chi connectivity index (χ4v) is 4.10. The van der Waals surface area contributed by atoms with E-state index in [0.717, 1.165) is 22.2 Å². The number of hydrogen-bond donors (Lipinski definition) is 0. The number of rotatable bonds is 4. The van der Waals surface area contributed by atoms with E-state index in [1.54, 1.807) is 22.7 Å². The van der Waals surface area contributed by atoms with Crippen LogP contribution in [0.2, 0.25) is 0 Å². The Morgan fingerprint density at radius 3 is 2.82 bits per heavy atom. The SMILES string of the molecule is Cc1ccccc1N=C1SCCN1C(=O)CCn1cnc2ccccc2c1=O. The second-order valence-electron chi connectivity index (χ2n) is 6.58. The smallest absolute Gasteiger partial charge is 0.261 e. The Kier molecular flexibility index (Phi) is 5.25. The predicted molar refractivity (Wildman–Crippen MR) is 113 cm³/mol. The lowest BCUT2D eigenvalue weighted by Crippen LogP contribution is -2.33. The Morgan fingerprint density at radius 1 is 1.18 bits per heavy atom. The predicted octanol–water partition coefficient (Wildman–Crippen LogP) is 3.36. The second kappa shape index (κ2) is 7.98. The minimum Gasteiger partial charge on any atom is -0.298 e. The number of aliphatic imine (C=N–C) groups is 1. The molecule has 0 N–H and O–H groups in total. The van der Waals surface area contributed by atoms with Crippen LogP contribution < -0.4 is 5.56 Å². The normalized spacial score (nSPS) is 15.5. The number of benzene rings is 2. The molecule has 0 spiro atoms. The Morgan fingerprint density at radius 2 is 1.96 bits per heavy atom. The molecule has 142 valence electrons. The molecule has 28 heavy (non-hydrogen) atoms. The number of amidine groups is 1. The van der Waals surface area contributed by atoms with Crippen LogP contribution in [-0.2, 0) is 11.3 Å². The van der Waals surface area contributed by atoms with Gasteiger partial charge in [0.15, 0.2) is 5.17 Å². The first-order valence-corrected chi connectivity index (χ1v) is 10.1. The quantitative estimate of drug-likeness (QED) is 0.683. The van der Waals surface area contributed by atoms with E-state index in [9.17, 15) is 9.59 Å². The van der Waals surface area contributed by atoms with E-state index < -0.39 is 0 Å². The van der Waals surface area contributed by atoms with Gasteiger partial charge in [-0.15, -0.1) is 0 Å². The van der Waals surface area contributed by atoms with Crippen LogP contribution in [-0.4, -0.2) is 37.8 Å². The maximum absolute atomic E-state index is 12.8. The monoisotopic (exact) mass is 392 g/mol. The van der Waals surface area contributed by atoms with Gasteiger partial charge in [0, 0.05) is 25.3 Å². The average Bonchev–Trinajstić information content (AvgIpc) is 3.17. The molecule has 6 nitrogen and oxygen atoms in total. The van der Waals surface area contributed by atoms with Crippen molar-refractivity contribution < 1.29 is 4.79 Å². The van der Waals surface area contributed by atoms with Crippen molar-refractivity contribution in [3.8, 4) is 0 Å². The van der Waals surface area contributed by atoms with Gasteiger partial charge in [-0.2, -0.15) is 0 Å². The first-order chi connectivity index (χ1) is 13.6. The number of nitrogens with zero attached hydrogens (tertiary/aromatic N) is 4. The summed E-state index contributed by atoms with van der Waals surface area (Å²) < 4.78 is 1.50. The molecular formula is C21H20N4O2S. The summed E-state index contributed by atoms with van der Waals surface area (Å²) in [5.74, 6) is 0.797. The molecular weight excluding hydrogens is 372 g/mol.